The van der Waals surface area contributed by atoms with Crippen LogP contribution in [0.3, 0.4) is 0 Å². The fourth-order valence-corrected chi connectivity index (χ4v) is 2.26. The highest BCUT2D eigenvalue weighted by atomic mass is 16.5. The Morgan fingerprint density at radius 2 is 1.92 bits per heavy atom. The number of carbonyl (C=O) groups is 1. The maximum absolute atomic E-state index is 12.1. The summed E-state index contributed by atoms with van der Waals surface area (Å²) in [4.78, 5) is 16.3. The number of hydrogen-bond donors (Lipinski definition) is 1. The molecule has 5 heteroatoms. The van der Waals surface area contributed by atoms with Gasteiger partial charge in [-0.2, -0.15) is 0 Å². The average Bonchev–Trinajstić information content (AvgIpc) is 3.00. The first-order chi connectivity index (χ1) is 11.5. The number of anilines is 1. The van der Waals surface area contributed by atoms with Crippen LogP contribution in [-0.4, -0.2) is 10.9 Å². The average molecular weight is 322 g/mol. The Balaban J connectivity index is 1.70. The quantitative estimate of drug-likeness (QED) is 0.759. The van der Waals surface area contributed by atoms with Gasteiger partial charge in [-0.05, 0) is 50.1 Å². The molecule has 1 N–H and O–H groups in total. The predicted molar refractivity (Wildman–Crippen MR) is 91.6 cm³/mol. The molecule has 0 radical (unpaired) electrons. The molecule has 122 valence electrons. The van der Waals surface area contributed by atoms with Crippen LogP contribution in [0.5, 0.6) is 11.6 Å². The van der Waals surface area contributed by atoms with Crippen molar-refractivity contribution in [2.75, 3.05) is 5.32 Å². The lowest BCUT2D eigenvalue weighted by Crippen LogP contribution is -2.12. The molecule has 0 spiro atoms. The summed E-state index contributed by atoms with van der Waals surface area (Å²) in [7, 11) is 0. The van der Waals surface area contributed by atoms with Gasteiger partial charge in [0.2, 0.25) is 5.88 Å². The number of nitrogens with zero attached hydrogens (tertiary/aromatic N) is 1. The molecule has 24 heavy (non-hydrogen) atoms. The fourth-order valence-electron chi connectivity index (χ4n) is 2.26. The van der Waals surface area contributed by atoms with Crippen molar-refractivity contribution in [3.8, 4) is 11.6 Å². The van der Waals surface area contributed by atoms with Gasteiger partial charge in [-0.1, -0.05) is 12.1 Å². The van der Waals surface area contributed by atoms with Gasteiger partial charge in [0, 0.05) is 11.6 Å². The van der Waals surface area contributed by atoms with E-state index in [1.54, 1.807) is 24.4 Å². The minimum Gasteiger partial charge on any atom is -0.459 e. The normalized spacial score (nSPS) is 10.5. The fraction of sp³-hybridized carbons (Fsp3) is 0.158. The van der Waals surface area contributed by atoms with Gasteiger partial charge in [0.15, 0.2) is 5.76 Å². The smallest absolute Gasteiger partial charge is 0.291 e. The van der Waals surface area contributed by atoms with Crippen molar-refractivity contribution in [3.05, 3.63) is 71.3 Å². The molecular weight excluding hydrogens is 304 g/mol. The van der Waals surface area contributed by atoms with E-state index in [0.717, 1.165) is 22.4 Å². The molecule has 0 unspecified atom stereocenters. The second kappa shape index (κ2) is 6.58. The van der Waals surface area contributed by atoms with Crippen molar-refractivity contribution in [1.82, 2.24) is 4.98 Å². The van der Waals surface area contributed by atoms with Gasteiger partial charge in [-0.15, -0.1) is 0 Å². The predicted octanol–water partition coefficient (Wildman–Crippen LogP) is 4.64. The van der Waals surface area contributed by atoms with E-state index in [0.29, 0.717) is 17.3 Å². The highest BCUT2D eigenvalue weighted by Gasteiger charge is 2.13. The van der Waals surface area contributed by atoms with E-state index in [9.17, 15) is 4.79 Å². The van der Waals surface area contributed by atoms with E-state index in [2.05, 4.69) is 10.3 Å². The van der Waals surface area contributed by atoms with E-state index < -0.39 is 0 Å². The number of hydrogen-bond acceptors (Lipinski definition) is 4. The van der Waals surface area contributed by atoms with Gasteiger partial charge < -0.3 is 14.5 Å². The molecule has 2 aromatic heterocycles. The number of carbonyl (C=O) groups excluding carboxylic acids is 1. The summed E-state index contributed by atoms with van der Waals surface area (Å²) >= 11 is 0. The molecule has 0 fully saturated rings. The second-order valence-corrected chi connectivity index (χ2v) is 5.57. The molecule has 1 aromatic carbocycles. The zero-order valence-electron chi connectivity index (χ0n) is 13.8. The SMILES string of the molecule is Cc1ccoc1C(=O)Nc1ccc(Oc2cccc(C)c2C)nc1. The number of ether oxygens (including phenoxy) is 1. The van der Waals surface area contributed by atoms with E-state index in [1.807, 2.05) is 39.0 Å². The van der Waals surface area contributed by atoms with E-state index in [-0.39, 0.29) is 5.91 Å². The van der Waals surface area contributed by atoms with Gasteiger partial charge in [0.05, 0.1) is 18.1 Å². The molecule has 3 aromatic rings. The molecule has 0 saturated carbocycles. The molecule has 3 rings (SSSR count). The van der Waals surface area contributed by atoms with E-state index in [4.69, 9.17) is 9.15 Å². The van der Waals surface area contributed by atoms with Gasteiger partial charge >= 0.3 is 0 Å². The molecule has 0 aliphatic heterocycles. The van der Waals surface area contributed by atoms with Crippen LogP contribution in [0.25, 0.3) is 0 Å². The third-order valence-electron chi connectivity index (χ3n) is 3.83. The molecule has 0 bridgehead atoms. The topological polar surface area (TPSA) is 64.4 Å². The van der Waals surface area contributed by atoms with Crippen LogP contribution < -0.4 is 10.1 Å². The maximum Gasteiger partial charge on any atom is 0.291 e. The van der Waals surface area contributed by atoms with Crippen molar-refractivity contribution < 1.29 is 13.9 Å². The number of pyridine rings is 1. The summed E-state index contributed by atoms with van der Waals surface area (Å²) in [5, 5.41) is 2.75. The summed E-state index contributed by atoms with van der Waals surface area (Å²) in [6, 6.07) is 11.1. The summed E-state index contributed by atoms with van der Waals surface area (Å²) in [6.45, 7) is 5.85. The first kappa shape index (κ1) is 15.8. The Hall–Kier alpha value is -3.08. The number of aryl methyl sites for hydroxylation is 2. The highest BCUT2D eigenvalue weighted by molar-refractivity contribution is 6.03. The lowest BCUT2D eigenvalue weighted by molar-refractivity contribution is 0.0996. The Labute approximate surface area is 140 Å². The van der Waals surface area contributed by atoms with Crippen molar-refractivity contribution in [2.24, 2.45) is 0 Å². The Kier molecular flexibility index (Phi) is 4.33. The molecule has 2 heterocycles. The number of rotatable bonds is 4. The monoisotopic (exact) mass is 322 g/mol. The van der Waals surface area contributed by atoms with Crippen LogP contribution in [0.4, 0.5) is 5.69 Å². The Morgan fingerprint density at radius 1 is 1.08 bits per heavy atom. The molecule has 0 saturated heterocycles. The first-order valence-corrected chi connectivity index (χ1v) is 7.60. The van der Waals surface area contributed by atoms with Crippen LogP contribution in [-0.2, 0) is 0 Å². The van der Waals surface area contributed by atoms with Crippen molar-refractivity contribution >= 4 is 11.6 Å². The minimum absolute atomic E-state index is 0.297. The number of amides is 1. The van der Waals surface area contributed by atoms with E-state index in [1.165, 1.54) is 6.26 Å². The van der Waals surface area contributed by atoms with E-state index >= 15 is 0 Å². The third kappa shape index (κ3) is 3.30. The summed E-state index contributed by atoms with van der Waals surface area (Å²) in [5.74, 6) is 1.23. The lowest BCUT2D eigenvalue weighted by Gasteiger charge is -2.10. The van der Waals surface area contributed by atoms with Gasteiger partial charge in [-0.3, -0.25) is 4.79 Å². The van der Waals surface area contributed by atoms with Crippen molar-refractivity contribution in [1.29, 1.82) is 0 Å². The number of aromatic nitrogens is 1. The largest absolute Gasteiger partial charge is 0.459 e. The van der Waals surface area contributed by atoms with Crippen molar-refractivity contribution in [3.63, 3.8) is 0 Å². The van der Waals surface area contributed by atoms with Gasteiger partial charge in [-0.25, -0.2) is 4.98 Å². The van der Waals surface area contributed by atoms with Crippen LogP contribution in [0, 0.1) is 20.8 Å². The molecular formula is C19H18N2O3. The number of benzene rings is 1. The standard InChI is InChI=1S/C19H18N2O3/c1-12-5-4-6-16(14(12)3)24-17-8-7-15(11-20-17)21-19(22)18-13(2)9-10-23-18/h4-11H,1-3H3,(H,21,22). The minimum atomic E-state index is -0.303. The highest BCUT2D eigenvalue weighted by Crippen LogP contribution is 2.26. The first-order valence-electron chi connectivity index (χ1n) is 7.60. The molecule has 5 nitrogen and oxygen atoms in total. The zero-order valence-corrected chi connectivity index (χ0v) is 13.8. The number of furan rings is 1. The Bertz CT molecular complexity index is 867. The lowest BCUT2D eigenvalue weighted by atomic mass is 10.1. The Morgan fingerprint density at radius 3 is 2.58 bits per heavy atom. The van der Waals surface area contributed by atoms with Crippen LogP contribution in [0.1, 0.15) is 27.2 Å². The van der Waals surface area contributed by atoms with Gasteiger partial charge in [0.1, 0.15) is 5.75 Å². The summed E-state index contributed by atoms with van der Waals surface area (Å²) in [6.07, 6.45) is 3.04. The van der Waals surface area contributed by atoms with Crippen LogP contribution in [0.2, 0.25) is 0 Å². The zero-order chi connectivity index (χ0) is 17.1. The second-order valence-electron chi connectivity index (χ2n) is 5.57. The summed E-state index contributed by atoms with van der Waals surface area (Å²) < 4.78 is 11.0. The molecule has 0 aliphatic carbocycles. The summed E-state index contributed by atoms with van der Waals surface area (Å²) in [5.41, 5.74) is 3.59. The maximum atomic E-state index is 12.1. The van der Waals surface area contributed by atoms with Crippen molar-refractivity contribution in [2.45, 2.75) is 20.8 Å². The number of nitrogens with one attached hydrogen (secondary N) is 1. The van der Waals surface area contributed by atoms with Crippen LogP contribution >= 0.6 is 0 Å². The third-order valence-corrected chi connectivity index (χ3v) is 3.83. The molecule has 0 aliphatic rings. The van der Waals surface area contributed by atoms with Gasteiger partial charge in [0.25, 0.3) is 5.91 Å². The molecule has 0 atom stereocenters. The molecule has 1 amide bonds. The van der Waals surface area contributed by atoms with Crippen LogP contribution in [0.15, 0.2) is 53.3 Å².